The fourth-order valence-electron chi connectivity index (χ4n) is 2.33. The van der Waals surface area contributed by atoms with Crippen LogP contribution >= 0.6 is 11.3 Å². The predicted molar refractivity (Wildman–Crippen MR) is 110 cm³/mol. The first kappa shape index (κ1) is 21.4. The van der Waals surface area contributed by atoms with Gasteiger partial charge in [0.15, 0.2) is 0 Å². The van der Waals surface area contributed by atoms with Crippen LogP contribution in [-0.2, 0) is 10.0 Å². The number of amides is 1. The van der Waals surface area contributed by atoms with Crippen molar-refractivity contribution in [1.29, 1.82) is 0 Å². The van der Waals surface area contributed by atoms with Crippen LogP contribution in [0.4, 0.5) is 14.5 Å². The van der Waals surface area contributed by atoms with E-state index in [0.717, 1.165) is 11.3 Å². The fourth-order valence-corrected chi connectivity index (χ4v) is 4.38. The second kappa shape index (κ2) is 9.46. The van der Waals surface area contributed by atoms with Crippen molar-refractivity contribution in [2.45, 2.75) is 10.8 Å². The van der Waals surface area contributed by atoms with Crippen molar-refractivity contribution in [3.8, 4) is 5.75 Å². The molecule has 1 aromatic heterocycles. The molecule has 156 valence electrons. The number of sulfonamides is 1. The molecule has 3 rings (SSSR count). The molecule has 30 heavy (non-hydrogen) atoms. The summed E-state index contributed by atoms with van der Waals surface area (Å²) in [4.78, 5) is 12.2. The number of benzene rings is 2. The van der Waals surface area contributed by atoms with Crippen LogP contribution in [-0.4, -0.2) is 27.2 Å². The highest BCUT2D eigenvalue weighted by atomic mass is 32.2. The van der Waals surface area contributed by atoms with E-state index in [1.165, 1.54) is 54.7 Å². The van der Waals surface area contributed by atoms with Crippen LogP contribution in [0.5, 0.6) is 5.75 Å². The number of para-hydroxylation sites is 1. The highest BCUT2D eigenvalue weighted by molar-refractivity contribution is 7.94. The molecule has 0 aliphatic rings. The lowest BCUT2D eigenvalue weighted by Gasteiger charge is -2.07. The Balaban J connectivity index is 1.62. The number of thiophene rings is 1. The van der Waals surface area contributed by atoms with E-state index in [0.29, 0.717) is 5.69 Å². The Morgan fingerprint density at radius 3 is 2.47 bits per heavy atom. The van der Waals surface area contributed by atoms with Crippen LogP contribution in [0, 0.1) is 0 Å². The summed E-state index contributed by atoms with van der Waals surface area (Å²) >= 11 is 1.09. The number of ether oxygens (including phenoxy) is 1. The summed E-state index contributed by atoms with van der Waals surface area (Å²) in [7, 11) is -3.68. The highest BCUT2D eigenvalue weighted by Gasteiger charge is 2.15. The van der Waals surface area contributed by atoms with E-state index >= 15 is 0 Å². The normalized spacial score (nSPS) is 11.6. The molecule has 2 N–H and O–H groups in total. The lowest BCUT2D eigenvalue weighted by Crippen LogP contribution is -2.18. The molecular weight excluding hydrogens is 436 g/mol. The van der Waals surface area contributed by atoms with E-state index in [1.54, 1.807) is 17.5 Å². The molecule has 1 heterocycles. The molecule has 0 bridgehead atoms. The van der Waals surface area contributed by atoms with E-state index < -0.39 is 22.5 Å². The number of anilines is 1. The second-order valence-corrected chi connectivity index (χ2v) is 8.59. The molecule has 0 aliphatic carbocycles. The largest absolute Gasteiger partial charge is 0.434 e. The van der Waals surface area contributed by atoms with Crippen LogP contribution in [0.3, 0.4) is 0 Å². The topological polar surface area (TPSA) is 96.9 Å². The molecule has 0 aliphatic heterocycles. The Morgan fingerprint density at radius 1 is 1.07 bits per heavy atom. The quantitative estimate of drug-likeness (QED) is 0.401. The summed E-state index contributed by atoms with van der Waals surface area (Å²) < 4.78 is 56.2. The number of rotatable bonds is 8. The maximum absolute atomic E-state index is 12.4. The fraction of sp³-hybridized carbons (Fsp3) is 0.0526. The van der Waals surface area contributed by atoms with Crippen molar-refractivity contribution in [1.82, 2.24) is 5.43 Å². The zero-order chi connectivity index (χ0) is 21.6. The number of nitrogens with one attached hydrogen (secondary N) is 2. The van der Waals surface area contributed by atoms with Crippen LogP contribution in [0.2, 0.25) is 0 Å². The first-order valence-electron chi connectivity index (χ1n) is 8.39. The van der Waals surface area contributed by atoms with Gasteiger partial charge in [0.1, 0.15) is 9.96 Å². The van der Waals surface area contributed by atoms with Crippen LogP contribution in [0.15, 0.2) is 75.4 Å². The van der Waals surface area contributed by atoms with Crippen molar-refractivity contribution in [3.05, 3.63) is 77.2 Å². The van der Waals surface area contributed by atoms with E-state index in [9.17, 15) is 22.0 Å². The monoisotopic (exact) mass is 451 g/mol. The van der Waals surface area contributed by atoms with Crippen molar-refractivity contribution in [3.63, 3.8) is 0 Å². The summed E-state index contributed by atoms with van der Waals surface area (Å²) in [6, 6.07) is 14.8. The number of hydrogen-bond donors (Lipinski definition) is 2. The maximum Gasteiger partial charge on any atom is 0.387 e. The Labute approximate surface area is 175 Å². The Bertz CT molecular complexity index is 1130. The van der Waals surface area contributed by atoms with E-state index in [-0.39, 0.29) is 21.1 Å². The van der Waals surface area contributed by atoms with E-state index in [4.69, 9.17) is 0 Å². The minimum Gasteiger partial charge on any atom is -0.434 e. The van der Waals surface area contributed by atoms with Gasteiger partial charge in [0.2, 0.25) is 0 Å². The third kappa shape index (κ3) is 5.61. The molecule has 0 unspecified atom stereocenters. The van der Waals surface area contributed by atoms with Crippen LogP contribution < -0.4 is 14.9 Å². The predicted octanol–water partition coefficient (Wildman–Crippen LogP) is 3.91. The average Bonchev–Trinajstić information content (AvgIpc) is 3.25. The number of hydrazone groups is 1. The molecule has 3 aromatic rings. The second-order valence-electron chi connectivity index (χ2n) is 5.73. The average molecular weight is 451 g/mol. The van der Waals surface area contributed by atoms with Gasteiger partial charge < -0.3 is 4.74 Å². The minimum atomic E-state index is -3.68. The molecule has 0 saturated heterocycles. The van der Waals surface area contributed by atoms with Gasteiger partial charge in [-0.3, -0.25) is 9.52 Å². The summed E-state index contributed by atoms with van der Waals surface area (Å²) in [5.74, 6) is -0.640. The van der Waals surface area contributed by atoms with Gasteiger partial charge in [-0.25, -0.2) is 13.8 Å². The SMILES string of the molecule is O=C(NN=Cc1ccccc1OC(F)F)c1ccc(NS(=O)(=O)c2cccs2)cc1. The molecule has 0 fully saturated rings. The van der Waals surface area contributed by atoms with Crippen molar-refractivity contribution in [2.75, 3.05) is 4.72 Å². The van der Waals surface area contributed by atoms with Crippen molar-refractivity contribution < 1.29 is 26.7 Å². The molecule has 0 spiro atoms. The summed E-state index contributed by atoms with van der Waals surface area (Å²) in [5, 5.41) is 5.40. The number of carbonyl (C=O) groups excluding carboxylic acids is 1. The summed E-state index contributed by atoms with van der Waals surface area (Å²) in [6.07, 6.45) is 1.18. The van der Waals surface area contributed by atoms with Gasteiger partial charge in [0, 0.05) is 16.8 Å². The van der Waals surface area contributed by atoms with Gasteiger partial charge in [0.05, 0.1) is 6.21 Å². The van der Waals surface area contributed by atoms with Gasteiger partial charge in [-0.05, 0) is 47.8 Å². The van der Waals surface area contributed by atoms with Crippen molar-refractivity contribution in [2.24, 2.45) is 5.10 Å². The summed E-state index contributed by atoms with van der Waals surface area (Å²) in [6.45, 7) is -2.98. The molecule has 0 saturated carbocycles. The Morgan fingerprint density at radius 2 is 1.80 bits per heavy atom. The van der Waals surface area contributed by atoms with Crippen LogP contribution in [0.1, 0.15) is 15.9 Å². The highest BCUT2D eigenvalue weighted by Crippen LogP contribution is 2.21. The lowest BCUT2D eigenvalue weighted by atomic mass is 10.2. The zero-order valence-corrected chi connectivity index (χ0v) is 16.8. The molecule has 1 amide bonds. The molecule has 0 radical (unpaired) electrons. The number of halogens is 2. The third-order valence-electron chi connectivity index (χ3n) is 3.66. The Hall–Kier alpha value is -3.31. The van der Waals surface area contributed by atoms with Gasteiger partial charge in [-0.15, -0.1) is 11.3 Å². The number of hydrogen-bond acceptors (Lipinski definition) is 6. The first-order valence-corrected chi connectivity index (χ1v) is 10.7. The molecular formula is C19H15F2N3O4S2. The molecule has 7 nitrogen and oxygen atoms in total. The lowest BCUT2D eigenvalue weighted by molar-refractivity contribution is -0.0499. The number of alkyl halides is 2. The van der Waals surface area contributed by atoms with E-state index in [1.807, 2.05) is 0 Å². The molecule has 2 aromatic carbocycles. The number of nitrogens with zero attached hydrogens (tertiary/aromatic N) is 1. The smallest absolute Gasteiger partial charge is 0.387 e. The van der Waals surface area contributed by atoms with Gasteiger partial charge in [0.25, 0.3) is 15.9 Å². The van der Waals surface area contributed by atoms with E-state index in [2.05, 4.69) is 20.0 Å². The van der Waals surface area contributed by atoms with Gasteiger partial charge >= 0.3 is 6.61 Å². The first-order chi connectivity index (χ1) is 14.3. The van der Waals surface area contributed by atoms with Gasteiger partial charge in [-0.1, -0.05) is 18.2 Å². The van der Waals surface area contributed by atoms with Crippen LogP contribution in [0.25, 0.3) is 0 Å². The minimum absolute atomic E-state index is 0.0760. The number of carbonyl (C=O) groups is 1. The standard InChI is InChI=1S/C19H15F2N3O4S2/c20-19(21)28-16-5-2-1-4-14(16)12-22-23-18(25)13-7-9-15(10-8-13)24-30(26,27)17-6-3-11-29-17/h1-12,19,24H,(H,23,25). The third-order valence-corrected chi connectivity index (χ3v) is 6.44. The molecule has 0 atom stereocenters. The Kier molecular flexibility index (Phi) is 6.75. The van der Waals surface area contributed by atoms with Crippen molar-refractivity contribution >= 4 is 39.2 Å². The zero-order valence-electron chi connectivity index (χ0n) is 15.2. The maximum atomic E-state index is 12.4. The molecule has 11 heteroatoms. The summed E-state index contributed by atoms with van der Waals surface area (Å²) in [5.41, 5.74) is 3.05. The van der Waals surface area contributed by atoms with Gasteiger partial charge in [-0.2, -0.15) is 13.9 Å².